The van der Waals surface area contributed by atoms with E-state index in [4.69, 9.17) is 5.73 Å². The first-order valence-corrected chi connectivity index (χ1v) is 6.08. The number of fused-ring (bicyclic) bond motifs is 1. The summed E-state index contributed by atoms with van der Waals surface area (Å²) in [4.78, 5) is 0.701. The molecule has 5 nitrogen and oxygen atoms in total. The lowest BCUT2D eigenvalue weighted by molar-refractivity contribution is 0.973. The van der Waals surface area contributed by atoms with Crippen molar-refractivity contribution in [1.82, 2.24) is 19.8 Å². The van der Waals surface area contributed by atoms with Crippen molar-refractivity contribution < 1.29 is 0 Å². The number of hydrogen-bond donors (Lipinski definition) is 1. The van der Waals surface area contributed by atoms with Crippen LogP contribution in [0.15, 0.2) is 28.7 Å². The van der Waals surface area contributed by atoms with Gasteiger partial charge in [-0.25, -0.2) is 0 Å². The van der Waals surface area contributed by atoms with Crippen molar-refractivity contribution >= 4 is 37.4 Å². The number of rotatable bonds is 1. The normalized spacial score (nSPS) is 11.1. The van der Waals surface area contributed by atoms with Gasteiger partial charge in [-0.15, -0.1) is 15.3 Å². The van der Waals surface area contributed by atoms with Gasteiger partial charge in [-0.3, -0.25) is 0 Å². The summed E-state index contributed by atoms with van der Waals surface area (Å²) in [5.41, 5.74) is 6.57. The summed E-state index contributed by atoms with van der Waals surface area (Å²) in [5, 5.41) is 12.8. The number of aromatic nitrogens is 4. The van der Waals surface area contributed by atoms with E-state index in [1.165, 1.54) is 11.3 Å². The van der Waals surface area contributed by atoms with Crippen LogP contribution in [-0.2, 0) is 0 Å². The summed E-state index contributed by atoms with van der Waals surface area (Å²) in [7, 11) is 0. The molecule has 0 aliphatic rings. The maximum Gasteiger partial charge on any atom is 0.236 e. The van der Waals surface area contributed by atoms with Gasteiger partial charge in [0.2, 0.25) is 10.1 Å². The first kappa shape index (κ1) is 9.73. The Labute approximate surface area is 103 Å². The Morgan fingerprint density at radius 3 is 3.00 bits per heavy atom. The van der Waals surface area contributed by atoms with E-state index in [0.717, 1.165) is 10.0 Å². The van der Waals surface area contributed by atoms with Crippen LogP contribution in [0.25, 0.3) is 16.3 Å². The third-order valence-electron chi connectivity index (χ3n) is 2.09. The van der Waals surface area contributed by atoms with Crippen molar-refractivity contribution in [2.24, 2.45) is 0 Å². The fourth-order valence-electron chi connectivity index (χ4n) is 1.44. The molecule has 80 valence electrons. The van der Waals surface area contributed by atoms with Crippen LogP contribution in [0, 0.1) is 0 Å². The minimum Gasteiger partial charge on any atom is -0.374 e. The van der Waals surface area contributed by atoms with Crippen LogP contribution in [0.3, 0.4) is 0 Å². The highest BCUT2D eigenvalue weighted by Crippen LogP contribution is 2.24. The van der Waals surface area contributed by atoms with E-state index in [0.29, 0.717) is 15.9 Å². The second-order valence-corrected chi connectivity index (χ2v) is 5.07. The molecular formula is C9H6BrN5S. The van der Waals surface area contributed by atoms with Crippen LogP contribution in [0.4, 0.5) is 5.13 Å². The lowest BCUT2D eigenvalue weighted by Gasteiger charge is -1.96. The molecule has 3 rings (SSSR count). The van der Waals surface area contributed by atoms with Crippen LogP contribution < -0.4 is 5.73 Å². The molecule has 0 spiro atoms. The number of anilines is 1. The minimum absolute atomic E-state index is 0.487. The molecule has 0 amide bonds. The van der Waals surface area contributed by atoms with Crippen molar-refractivity contribution in [3.05, 3.63) is 28.7 Å². The molecule has 2 aromatic heterocycles. The fraction of sp³-hybridized carbons (Fsp3) is 0. The molecule has 16 heavy (non-hydrogen) atoms. The highest BCUT2D eigenvalue weighted by Gasteiger charge is 2.11. The van der Waals surface area contributed by atoms with Crippen LogP contribution in [0.5, 0.6) is 0 Å². The van der Waals surface area contributed by atoms with E-state index in [1.807, 2.05) is 24.3 Å². The third kappa shape index (κ3) is 1.48. The minimum atomic E-state index is 0.487. The molecule has 3 aromatic rings. The van der Waals surface area contributed by atoms with Gasteiger partial charge in [0, 0.05) is 10.0 Å². The highest BCUT2D eigenvalue weighted by atomic mass is 79.9. The third-order valence-corrected chi connectivity index (χ3v) is 3.31. The van der Waals surface area contributed by atoms with Crippen molar-refractivity contribution in [2.75, 3.05) is 5.73 Å². The Hall–Kier alpha value is -1.47. The van der Waals surface area contributed by atoms with Crippen LogP contribution in [-0.4, -0.2) is 19.8 Å². The Kier molecular flexibility index (Phi) is 2.15. The Morgan fingerprint density at radius 1 is 1.31 bits per heavy atom. The quantitative estimate of drug-likeness (QED) is 0.747. The molecule has 0 bridgehead atoms. The predicted molar refractivity (Wildman–Crippen MR) is 66.2 cm³/mol. The second kappa shape index (κ2) is 3.53. The van der Waals surface area contributed by atoms with Crippen molar-refractivity contribution in [3.8, 4) is 11.4 Å². The Bertz CT molecular complexity index is 659. The van der Waals surface area contributed by atoms with Crippen molar-refractivity contribution in [2.45, 2.75) is 0 Å². The van der Waals surface area contributed by atoms with Crippen LogP contribution in [0.1, 0.15) is 0 Å². The largest absolute Gasteiger partial charge is 0.374 e. The lowest BCUT2D eigenvalue weighted by atomic mass is 10.2. The number of nitrogen functional groups attached to an aromatic ring is 1. The average molecular weight is 296 g/mol. The highest BCUT2D eigenvalue weighted by molar-refractivity contribution is 9.10. The van der Waals surface area contributed by atoms with Gasteiger partial charge in [0.05, 0.1) is 0 Å². The molecule has 0 aliphatic carbocycles. The molecule has 0 atom stereocenters. The molecule has 0 fully saturated rings. The number of nitrogens with two attached hydrogens (primary N) is 1. The van der Waals surface area contributed by atoms with Gasteiger partial charge in [0.25, 0.3) is 0 Å². The smallest absolute Gasteiger partial charge is 0.236 e. The average Bonchev–Trinajstić information content (AvgIpc) is 2.76. The lowest BCUT2D eigenvalue weighted by Crippen LogP contribution is -1.92. The zero-order valence-corrected chi connectivity index (χ0v) is 10.4. The molecule has 0 aliphatic heterocycles. The molecule has 2 N–H and O–H groups in total. The van der Waals surface area contributed by atoms with Crippen molar-refractivity contribution in [1.29, 1.82) is 0 Å². The zero-order chi connectivity index (χ0) is 11.1. The molecular weight excluding hydrogens is 290 g/mol. The number of hydrogen-bond acceptors (Lipinski definition) is 5. The Morgan fingerprint density at radius 2 is 2.19 bits per heavy atom. The SMILES string of the molecule is Nc1nn2c(-c3cccc(Br)c3)nnc2s1. The van der Waals surface area contributed by atoms with Gasteiger partial charge in [0.15, 0.2) is 5.82 Å². The van der Waals surface area contributed by atoms with E-state index in [9.17, 15) is 0 Å². The molecule has 0 saturated carbocycles. The summed E-state index contributed by atoms with van der Waals surface area (Å²) >= 11 is 4.73. The van der Waals surface area contributed by atoms with Gasteiger partial charge in [-0.1, -0.05) is 39.4 Å². The van der Waals surface area contributed by atoms with Gasteiger partial charge < -0.3 is 5.73 Å². The van der Waals surface area contributed by atoms with E-state index in [-0.39, 0.29) is 0 Å². The summed E-state index contributed by atoms with van der Waals surface area (Å²) in [5.74, 6) is 0.698. The molecule has 0 radical (unpaired) electrons. The number of nitrogens with zero attached hydrogens (tertiary/aromatic N) is 4. The maximum absolute atomic E-state index is 5.62. The predicted octanol–water partition coefficient (Wildman–Crippen LogP) is 2.20. The maximum atomic E-state index is 5.62. The summed E-state index contributed by atoms with van der Waals surface area (Å²) in [6.45, 7) is 0. The van der Waals surface area contributed by atoms with E-state index in [1.54, 1.807) is 4.52 Å². The van der Waals surface area contributed by atoms with E-state index < -0.39 is 0 Å². The molecule has 2 heterocycles. The molecule has 1 aromatic carbocycles. The molecule has 0 saturated heterocycles. The monoisotopic (exact) mass is 295 g/mol. The topological polar surface area (TPSA) is 69.1 Å². The summed E-state index contributed by atoms with van der Waals surface area (Å²) < 4.78 is 2.65. The van der Waals surface area contributed by atoms with E-state index in [2.05, 4.69) is 31.2 Å². The fourth-order valence-corrected chi connectivity index (χ4v) is 2.44. The summed E-state index contributed by atoms with van der Waals surface area (Å²) in [6.07, 6.45) is 0. The van der Waals surface area contributed by atoms with E-state index >= 15 is 0 Å². The number of benzene rings is 1. The Balaban J connectivity index is 2.25. The summed E-state index contributed by atoms with van der Waals surface area (Å²) in [6, 6.07) is 7.82. The molecule has 7 heteroatoms. The zero-order valence-electron chi connectivity index (χ0n) is 7.96. The first-order valence-electron chi connectivity index (χ1n) is 4.48. The first-order chi connectivity index (χ1) is 7.74. The van der Waals surface area contributed by atoms with Gasteiger partial charge in [0.1, 0.15) is 0 Å². The van der Waals surface area contributed by atoms with Gasteiger partial charge in [-0.2, -0.15) is 4.52 Å². The van der Waals surface area contributed by atoms with Crippen LogP contribution in [0.2, 0.25) is 0 Å². The number of halogens is 1. The standard InChI is InChI=1S/C9H6BrN5S/c10-6-3-1-2-5(4-6)7-12-13-9-15(7)14-8(11)16-9/h1-4H,(H2,11,14). The van der Waals surface area contributed by atoms with Gasteiger partial charge >= 0.3 is 0 Å². The van der Waals surface area contributed by atoms with Crippen LogP contribution >= 0.6 is 27.3 Å². The van der Waals surface area contributed by atoms with Crippen molar-refractivity contribution in [3.63, 3.8) is 0 Å². The van der Waals surface area contributed by atoms with Gasteiger partial charge in [-0.05, 0) is 12.1 Å². The molecule has 0 unspecified atom stereocenters. The second-order valence-electron chi connectivity index (χ2n) is 3.17.